The number of nitrogens with zero attached hydrogens (tertiary/aromatic N) is 1. The maximum atomic E-state index is 13.5. The summed E-state index contributed by atoms with van der Waals surface area (Å²) in [4.78, 5) is 42.3. The zero-order chi connectivity index (χ0) is 24.4. The van der Waals surface area contributed by atoms with Crippen LogP contribution in [0.2, 0.25) is 0 Å². The summed E-state index contributed by atoms with van der Waals surface area (Å²) in [5.41, 5.74) is 2.69. The number of carbonyl (C=O) groups is 3. The van der Waals surface area contributed by atoms with E-state index >= 15 is 0 Å². The molecule has 0 spiro atoms. The standard InChI is InChI=1S/C23H21N3O7S/c24-21(32)16-13(27)7-12-6-11-5-9-1-2-10(8-26-22-25-3-4-34-22)17(28)14(9)18(29)15(11)19(30)23(12,33)20(16)31/h1-4,11-12,27-28,30,33H,5-8H2,(H2,24,32)(H,25,26)/t11?,12?,23-/m0/s1. The van der Waals surface area contributed by atoms with Crippen molar-refractivity contribution < 1.29 is 34.8 Å². The first-order valence-electron chi connectivity index (χ1n) is 10.6. The highest BCUT2D eigenvalue weighted by Crippen LogP contribution is 2.51. The number of hydrogen-bond donors (Lipinski definition) is 6. The van der Waals surface area contributed by atoms with Crippen LogP contribution < -0.4 is 11.1 Å². The number of carbonyl (C=O) groups excluding carboxylic acids is 3. The predicted molar refractivity (Wildman–Crippen MR) is 120 cm³/mol. The first-order valence-corrected chi connectivity index (χ1v) is 11.5. The summed E-state index contributed by atoms with van der Waals surface area (Å²) in [6.07, 6.45) is 1.77. The second-order valence-electron chi connectivity index (χ2n) is 8.71. The minimum atomic E-state index is -2.56. The molecule has 1 aromatic carbocycles. The Kier molecular flexibility index (Phi) is 4.99. The molecule has 0 radical (unpaired) electrons. The lowest BCUT2D eigenvalue weighted by molar-refractivity contribution is -0.144. The van der Waals surface area contributed by atoms with Gasteiger partial charge in [-0.1, -0.05) is 12.1 Å². The number of nitrogens with two attached hydrogens (primary N) is 1. The molecule has 0 saturated heterocycles. The molecule has 0 aliphatic heterocycles. The number of nitrogens with one attached hydrogen (secondary N) is 1. The fraction of sp³-hybridized carbons (Fsp3) is 0.304. The summed E-state index contributed by atoms with van der Waals surface area (Å²) in [5, 5.41) is 48.8. The Labute approximate surface area is 197 Å². The van der Waals surface area contributed by atoms with Gasteiger partial charge in [0.1, 0.15) is 22.8 Å². The predicted octanol–water partition coefficient (Wildman–Crippen LogP) is 1.65. The van der Waals surface area contributed by atoms with E-state index in [4.69, 9.17) is 5.73 Å². The van der Waals surface area contributed by atoms with E-state index in [-0.39, 0.29) is 42.7 Å². The third kappa shape index (κ3) is 3.04. The van der Waals surface area contributed by atoms with E-state index in [0.29, 0.717) is 16.3 Å². The highest BCUT2D eigenvalue weighted by Gasteiger charge is 2.59. The molecule has 176 valence electrons. The minimum absolute atomic E-state index is 0.00457. The van der Waals surface area contributed by atoms with Gasteiger partial charge in [0, 0.05) is 41.6 Å². The zero-order valence-corrected chi connectivity index (χ0v) is 18.6. The van der Waals surface area contributed by atoms with E-state index in [1.54, 1.807) is 23.7 Å². The Morgan fingerprint density at radius 3 is 2.68 bits per heavy atom. The van der Waals surface area contributed by atoms with Crippen molar-refractivity contribution in [2.24, 2.45) is 17.6 Å². The second-order valence-corrected chi connectivity index (χ2v) is 9.60. The maximum Gasteiger partial charge on any atom is 0.255 e. The number of phenols is 1. The van der Waals surface area contributed by atoms with E-state index in [1.165, 1.54) is 11.3 Å². The van der Waals surface area contributed by atoms with Gasteiger partial charge in [-0.2, -0.15) is 0 Å². The molecule has 5 rings (SSSR count). The molecule has 0 saturated carbocycles. The molecule has 3 atom stereocenters. The number of allylic oxidation sites excluding steroid dienone is 2. The van der Waals surface area contributed by atoms with Gasteiger partial charge < -0.3 is 31.5 Å². The fourth-order valence-corrected chi connectivity index (χ4v) is 5.79. The largest absolute Gasteiger partial charge is 0.511 e. The van der Waals surface area contributed by atoms with Gasteiger partial charge in [0.2, 0.25) is 5.78 Å². The number of phenolic OH excluding ortho intramolecular Hbond substituents is 1. The van der Waals surface area contributed by atoms with Crippen molar-refractivity contribution in [1.29, 1.82) is 0 Å². The monoisotopic (exact) mass is 483 g/mol. The number of benzene rings is 1. The van der Waals surface area contributed by atoms with E-state index in [2.05, 4.69) is 10.3 Å². The number of rotatable bonds is 4. The Morgan fingerprint density at radius 2 is 2.00 bits per heavy atom. The summed E-state index contributed by atoms with van der Waals surface area (Å²) in [7, 11) is 0. The Morgan fingerprint density at radius 1 is 1.24 bits per heavy atom. The number of aromatic hydroxyl groups is 1. The number of aliphatic hydroxyl groups is 3. The highest BCUT2D eigenvalue weighted by molar-refractivity contribution is 7.13. The third-order valence-electron chi connectivity index (χ3n) is 6.88. The molecule has 1 aromatic heterocycles. The quantitative estimate of drug-likeness (QED) is 0.352. The van der Waals surface area contributed by atoms with Gasteiger partial charge in [-0.3, -0.25) is 14.4 Å². The van der Waals surface area contributed by atoms with Crippen LogP contribution >= 0.6 is 11.3 Å². The Bertz CT molecular complexity index is 1310. The van der Waals surface area contributed by atoms with Crippen molar-refractivity contribution in [1.82, 2.24) is 4.98 Å². The van der Waals surface area contributed by atoms with Crippen LogP contribution in [0.3, 0.4) is 0 Å². The maximum absolute atomic E-state index is 13.5. The first kappa shape index (κ1) is 22.1. The zero-order valence-electron chi connectivity index (χ0n) is 17.7. The number of anilines is 1. The van der Waals surface area contributed by atoms with Crippen LogP contribution in [-0.2, 0) is 22.6 Å². The molecule has 1 amide bonds. The molecular formula is C23H21N3O7S. The average molecular weight is 484 g/mol. The summed E-state index contributed by atoms with van der Waals surface area (Å²) >= 11 is 1.38. The Balaban J connectivity index is 1.56. The van der Waals surface area contributed by atoms with Gasteiger partial charge in [0.05, 0.1) is 5.56 Å². The van der Waals surface area contributed by atoms with Gasteiger partial charge in [-0.05, 0) is 24.3 Å². The van der Waals surface area contributed by atoms with Crippen molar-refractivity contribution in [2.75, 3.05) is 5.32 Å². The van der Waals surface area contributed by atoms with Gasteiger partial charge in [0.25, 0.3) is 5.91 Å². The smallest absolute Gasteiger partial charge is 0.255 e. The lowest BCUT2D eigenvalue weighted by atomic mass is 9.60. The topological polar surface area (TPSA) is 183 Å². The fourth-order valence-electron chi connectivity index (χ4n) is 5.26. The molecule has 0 bridgehead atoms. The van der Waals surface area contributed by atoms with Crippen LogP contribution in [0, 0.1) is 11.8 Å². The second kappa shape index (κ2) is 7.67. The number of aliphatic hydroxyl groups excluding tert-OH is 2. The highest BCUT2D eigenvalue weighted by atomic mass is 32.1. The van der Waals surface area contributed by atoms with Gasteiger partial charge in [-0.15, -0.1) is 11.3 Å². The molecule has 7 N–H and O–H groups in total. The van der Waals surface area contributed by atoms with E-state index in [9.17, 15) is 34.8 Å². The number of aromatic nitrogens is 1. The molecular weight excluding hydrogens is 462 g/mol. The lowest BCUT2D eigenvalue weighted by Crippen LogP contribution is -2.57. The number of thiazole rings is 1. The van der Waals surface area contributed by atoms with Gasteiger partial charge in [0.15, 0.2) is 16.5 Å². The lowest BCUT2D eigenvalue weighted by Gasteiger charge is -2.45. The SMILES string of the molecule is NC(=O)C1=C(O)CC2CC3Cc4ccc(CNc5nccs5)c(O)c4C(=O)C3=C(O)[C@]2(O)C1=O. The number of amides is 1. The van der Waals surface area contributed by atoms with Crippen LogP contribution in [0.5, 0.6) is 5.75 Å². The van der Waals surface area contributed by atoms with Crippen LogP contribution in [0.15, 0.2) is 46.4 Å². The number of fused-ring (bicyclic) bond motifs is 3. The molecule has 11 heteroatoms. The van der Waals surface area contributed by atoms with Crippen LogP contribution in [0.4, 0.5) is 5.13 Å². The van der Waals surface area contributed by atoms with E-state index in [1.807, 2.05) is 0 Å². The summed E-state index contributed by atoms with van der Waals surface area (Å²) in [6, 6.07) is 3.43. The van der Waals surface area contributed by atoms with Crippen LogP contribution in [0.1, 0.15) is 34.3 Å². The molecule has 1 heterocycles. The molecule has 2 unspecified atom stereocenters. The van der Waals surface area contributed by atoms with Crippen LogP contribution in [-0.4, -0.2) is 48.5 Å². The normalized spacial score (nSPS) is 26.1. The van der Waals surface area contributed by atoms with Crippen molar-refractivity contribution in [3.05, 3.63) is 63.1 Å². The van der Waals surface area contributed by atoms with Gasteiger partial charge >= 0.3 is 0 Å². The third-order valence-corrected chi connectivity index (χ3v) is 7.61. The molecule has 2 aromatic rings. The van der Waals surface area contributed by atoms with Gasteiger partial charge in [-0.25, -0.2) is 4.98 Å². The van der Waals surface area contributed by atoms with Crippen molar-refractivity contribution >= 4 is 33.9 Å². The summed E-state index contributed by atoms with van der Waals surface area (Å²) < 4.78 is 0. The van der Waals surface area contributed by atoms with Crippen molar-refractivity contribution in [2.45, 2.75) is 31.4 Å². The Hall–Kier alpha value is -3.70. The number of primary amides is 1. The first-order chi connectivity index (χ1) is 16.1. The summed E-state index contributed by atoms with van der Waals surface area (Å²) in [5.74, 6) is -6.30. The average Bonchev–Trinajstić information content (AvgIpc) is 3.29. The summed E-state index contributed by atoms with van der Waals surface area (Å²) in [6.45, 7) is 0.199. The molecule has 0 fully saturated rings. The van der Waals surface area contributed by atoms with Crippen LogP contribution in [0.25, 0.3) is 0 Å². The van der Waals surface area contributed by atoms with E-state index < -0.39 is 52.0 Å². The number of ketones is 2. The molecule has 3 aliphatic carbocycles. The van der Waals surface area contributed by atoms with Crippen molar-refractivity contribution in [3.8, 4) is 5.75 Å². The minimum Gasteiger partial charge on any atom is -0.511 e. The number of hydrogen-bond acceptors (Lipinski definition) is 10. The molecule has 10 nitrogen and oxygen atoms in total. The van der Waals surface area contributed by atoms with Crippen molar-refractivity contribution in [3.63, 3.8) is 0 Å². The number of Topliss-reactive ketones (excluding diaryl/α,β-unsaturated/α-hetero) is 2. The molecule has 3 aliphatic rings. The van der Waals surface area contributed by atoms with E-state index in [0.717, 1.165) is 0 Å². The molecule has 34 heavy (non-hydrogen) atoms.